The fraction of sp³-hybridized carbons (Fsp3) is 0.156. The van der Waals surface area contributed by atoms with Gasteiger partial charge in [0.2, 0.25) is 5.78 Å². The number of carbonyl (C=O) groups excluding carboxylic acids is 1. The minimum atomic E-state index is -4.85. The Morgan fingerprint density at radius 3 is 2.11 bits per heavy atom. The second kappa shape index (κ2) is 13.0. The van der Waals surface area contributed by atoms with Crippen molar-refractivity contribution in [3.05, 3.63) is 111 Å². The van der Waals surface area contributed by atoms with Gasteiger partial charge >= 0.3 is 0 Å². The van der Waals surface area contributed by atoms with Gasteiger partial charge in [0.25, 0.3) is 20.2 Å². The lowest BCUT2D eigenvalue weighted by molar-refractivity contribution is 0.102. The smallest absolute Gasteiger partial charge is 0.296 e. The van der Waals surface area contributed by atoms with Crippen molar-refractivity contribution in [3.8, 4) is 5.75 Å². The molecular formula is C32H29N5O8S2. The van der Waals surface area contributed by atoms with Crippen molar-refractivity contribution in [2.45, 2.75) is 32.1 Å². The van der Waals surface area contributed by atoms with Gasteiger partial charge in [0.15, 0.2) is 5.70 Å². The first-order chi connectivity index (χ1) is 22.2. The summed E-state index contributed by atoms with van der Waals surface area (Å²) in [5, 5.41) is 19.5. The highest BCUT2D eigenvalue weighted by Crippen LogP contribution is 2.39. The zero-order valence-corrected chi connectivity index (χ0v) is 27.2. The number of Topliss-reactive ketones (excluding diaryl/α,β-unsaturated/α-hetero) is 1. The number of aryl methyl sites for hydroxylation is 3. The van der Waals surface area contributed by atoms with E-state index in [9.17, 15) is 30.7 Å². The number of benzene rings is 4. The molecule has 0 amide bonds. The highest BCUT2D eigenvalue weighted by atomic mass is 32.2. The molecule has 1 aliphatic rings. The van der Waals surface area contributed by atoms with E-state index >= 15 is 0 Å². The van der Waals surface area contributed by atoms with Crippen LogP contribution in [0, 0.1) is 20.8 Å². The average molecular weight is 676 g/mol. The summed E-state index contributed by atoms with van der Waals surface area (Å²) in [5.41, 5.74) is 3.37. The number of allylic oxidation sites excluding steroid dienone is 2. The third kappa shape index (κ3) is 7.33. The predicted molar refractivity (Wildman–Crippen MR) is 175 cm³/mol. The Labute approximate surface area is 271 Å². The molecule has 0 bridgehead atoms. The molecule has 0 radical (unpaired) electrons. The molecule has 15 heteroatoms. The number of hydrogen-bond donors (Lipinski definition) is 3. The maximum atomic E-state index is 13.5. The maximum Gasteiger partial charge on any atom is 0.296 e. The number of rotatable bonds is 9. The SMILES string of the molecule is COc1cc(N=Nc2c(C)cc(C)cc2S(=O)(=O)O)c(C)cc1N=NC1=C(S(=O)(=O)O)Cc2cc(Nc3ccccc3)ccc2C1=O. The molecule has 0 unspecified atom stereocenters. The van der Waals surface area contributed by atoms with E-state index in [0.717, 1.165) is 5.69 Å². The average Bonchev–Trinajstić information content (AvgIpc) is 3.00. The lowest BCUT2D eigenvalue weighted by Crippen LogP contribution is -2.20. The first-order valence-electron chi connectivity index (χ1n) is 14.0. The second-order valence-electron chi connectivity index (χ2n) is 10.7. The van der Waals surface area contributed by atoms with Crippen LogP contribution in [0.3, 0.4) is 0 Å². The predicted octanol–water partition coefficient (Wildman–Crippen LogP) is 7.65. The maximum absolute atomic E-state index is 13.5. The van der Waals surface area contributed by atoms with Crippen molar-refractivity contribution in [1.29, 1.82) is 0 Å². The van der Waals surface area contributed by atoms with Gasteiger partial charge in [-0.2, -0.15) is 21.9 Å². The number of nitrogens with zero attached hydrogens (tertiary/aromatic N) is 4. The van der Waals surface area contributed by atoms with Gasteiger partial charge in [0.05, 0.1) is 12.8 Å². The van der Waals surface area contributed by atoms with Gasteiger partial charge in [-0.05, 0) is 85.5 Å². The van der Waals surface area contributed by atoms with Crippen LogP contribution in [0.1, 0.15) is 32.6 Å². The number of carbonyl (C=O) groups is 1. The van der Waals surface area contributed by atoms with Crippen LogP contribution in [0.15, 0.2) is 109 Å². The topological polar surface area (TPSA) is 197 Å². The largest absolute Gasteiger partial charge is 0.494 e. The van der Waals surface area contributed by atoms with E-state index in [2.05, 4.69) is 25.8 Å². The number of fused-ring (bicyclic) bond motifs is 1. The molecule has 4 aromatic carbocycles. The normalized spacial score (nSPS) is 13.8. The molecule has 13 nitrogen and oxygen atoms in total. The van der Waals surface area contributed by atoms with Gasteiger partial charge in [-0.25, -0.2) is 0 Å². The lowest BCUT2D eigenvalue weighted by atomic mass is 9.93. The molecule has 5 rings (SSSR count). The number of nitrogens with one attached hydrogen (secondary N) is 1. The number of azo groups is 2. The van der Waals surface area contributed by atoms with E-state index < -0.39 is 36.6 Å². The Hall–Kier alpha value is -5.09. The van der Waals surface area contributed by atoms with Crippen molar-refractivity contribution in [3.63, 3.8) is 0 Å². The molecule has 0 fully saturated rings. The van der Waals surface area contributed by atoms with Gasteiger partial charge < -0.3 is 10.1 Å². The summed E-state index contributed by atoms with van der Waals surface area (Å²) < 4.78 is 73.9. The van der Waals surface area contributed by atoms with E-state index in [-0.39, 0.29) is 39.7 Å². The molecule has 0 aliphatic heterocycles. The molecule has 47 heavy (non-hydrogen) atoms. The highest BCUT2D eigenvalue weighted by molar-refractivity contribution is 7.89. The Balaban J connectivity index is 1.49. The Kier molecular flexibility index (Phi) is 9.18. The van der Waals surface area contributed by atoms with Crippen LogP contribution in [0.5, 0.6) is 5.75 Å². The van der Waals surface area contributed by atoms with Crippen molar-refractivity contribution in [1.82, 2.24) is 0 Å². The van der Waals surface area contributed by atoms with Crippen LogP contribution in [-0.2, 0) is 26.7 Å². The van der Waals surface area contributed by atoms with Gasteiger partial charge in [0, 0.05) is 29.4 Å². The fourth-order valence-corrected chi connectivity index (χ4v) is 6.51. The van der Waals surface area contributed by atoms with Crippen LogP contribution >= 0.6 is 0 Å². The van der Waals surface area contributed by atoms with E-state index in [0.29, 0.717) is 27.9 Å². The standard InChI is InChI=1S/C32H29N5O8S2/c1-18-12-20(3)30(28(13-18)46(39,40)41)36-34-25-17-27(45-4)26(14-19(25)2)35-37-31-29(47(42,43)44)16-21-15-23(10-11-24(21)32(31)38)33-22-8-6-5-7-9-22/h5-15,17,33H,16H2,1-4H3,(H,39,40,41)(H,42,43,44). The zero-order chi connectivity index (χ0) is 34.1. The van der Waals surface area contributed by atoms with E-state index in [1.807, 2.05) is 30.3 Å². The van der Waals surface area contributed by atoms with Crippen LogP contribution in [0.2, 0.25) is 0 Å². The summed E-state index contributed by atoms with van der Waals surface area (Å²) in [6.45, 7) is 4.97. The summed E-state index contributed by atoms with van der Waals surface area (Å²) in [6.07, 6.45) is -0.294. The summed E-state index contributed by atoms with van der Waals surface area (Å²) in [4.78, 5) is 12.5. The Bertz CT molecular complexity index is 2230. The summed E-state index contributed by atoms with van der Waals surface area (Å²) in [7, 11) is -8.09. The van der Waals surface area contributed by atoms with Crippen molar-refractivity contribution in [2.75, 3.05) is 12.4 Å². The van der Waals surface area contributed by atoms with E-state index in [1.165, 1.54) is 25.3 Å². The van der Waals surface area contributed by atoms with Gasteiger partial charge in [-0.3, -0.25) is 13.9 Å². The Morgan fingerprint density at radius 2 is 1.45 bits per heavy atom. The monoisotopic (exact) mass is 675 g/mol. The summed E-state index contributed by atoms with van der Waals surface area (Å²) in [6, 6.07) is 20.0. The fourth-order valence-electron chi connectivity index (χ4n) is 5.02. The van der Waals surface area contributed by atoms with Crippen LogP contribution in [-0.4, -0.2) is 38.8 Å². The first-order valence-corrected chi connectivity index (χ1v) is 16.8. The zero-order valence-electron chi connectivity index (χ0n) is 25.6. The molecule has 1 aliphatic carbocycles. The molecule has 4 aromatic rings. The number of ether oxygens (including phenoxy) is 1. The number of methoxy groups -OCH3 is 1. The van der Waals surface area contributed by atoms with Crippen molar-refractivity contribution < 1.29 is 35.5 Å². The molecule has 0 atom stereocenters. The minimum absolute atomic E-state index is 0.0380. The molecule has 0 saturated carbocycles. The quantitative estimate of drug-likeness (QED) is 0.118. The third-order valence-electron chi connectivity index (χ3n) is 7.25. The number of hydrogen-bond acceptors (Lipinski definition) is 11. The number of anilines is 2. The molecule has 0 saturated heterocycles. The van der Waals surface area contributed by atoms with Crippen LogP contribution in [0.4, 0.5) is 28.4 Å². The van der Waals surface area contributed by atoms with Crippen molar-refractivity contribution in [2.24, 2.45) is 20.5 Å². The molecule has 3 N–H and O–H groups in total. The molecular weight excluding hydrogens is 647 g/mol. The first kappa shape index (κ1) is 33.3. The molecule has 0 heterocycles. The molecule has 0 spiro atoms. The number of ketones is 1. The lowest BCUT2D eigenvalue weighted by Gasteiger charge is -2.19. The van der Waals surface area contributed by atoms with Gasteiger partial charge in [-0.15, -0.1) is 15.3 Å². The Morgan fingerprint density at radius 1 is 0.745 bits per heavy atom. The molecule has 242 valence electrons. The van der Waals surface area contributed by atoms with Crippen molar-refractivity contribution >= 4 is 54.5 Å². The van der Waals surface area contributed by atoms with E-state index in [4.69, 9.17) is 4.74 Å². The minimum Gasteiger partial charge on any atom is -0.494 e. The van der Waals surface area contributed by atoms with Gasteiger partial charge in [-0.1, -0.05) is 24.3 Å². The molecule has 0 aromatic heterocycles. The summed E-state index contributed by atoms with van der Waals surface area (Å²) in [5.74, 6) is -0.615. The highest BCUT2D eigenvalue weighted by Gasteiger charge is 2.33. The van der Waals surface area contributed by atoms with Crippen LogP contribution < -0.4 is 10.1 Å². The van der Waals surface area contributed by atoms with E-state index in [1.54, 1.807) is 45.0 Å². The second-order valence-corrected chi connectivity index (χ2v) is 13.6. The summed E-state index contributed by atoms with van der Waals surface area (Å²) >= 11 is 0. The third-order valence-corrected chi connectivity index (χ3v) is 9.08. The van der Waals surface area contributed by atoms with Gasteiger partial charge in [0.1, 0.15) is 26.9 Å². The van der Waals surface area contributed by atoms with Crippen LogP contribution in [0.25, 0.3) is 0 Å². The number of para-hydroxylation sites is 1.